The average molecular weight is 390 g/mol. The molecule has 3 aromatic heterocycles. The van der Waals surface area contributed by atoms with Crippen molar-refractivity contribution >= 4 is 16.6 Å². The number of pyridine rings is 1. The highest BCUT2D eigenvalue weighted by Crippen LogP contribution is 2.37. The van der Waals surface area contributed by atoms with E-state index in [1.807, 2.05) is 16.8 Å². The summed E-state index contributed by atoms with van der Waals surface area (Å²) in [6, 6.07) is 8.44. The lowest BCUT2D eigenvalue weighted by Crippen LogP contribution is -2.33. The molecule has 0 amide bonds. The lowest BCUT2D eigenvalue weighted by molar-refractivity contribution is 0.183. The van der Waals surface area contributed by atoms with Crippen molar-refractivity contribution in [2.45, 2.75) is 39.2 Å². The number of rotatable bonds is 2. The van der Waals surface area contributed by atoms with E-state index in [0.29, 0.717) is 22.9 Å². The Balaban J connectivity index is 1.65. The van der Waals surface area contributed by atoms with Gasteiger partial charge in [-0.3, -0.25) is 4.79 Å². The van der Waals surface area contributed by atoms with E-state index < -0.39 is 0 Å². The van der Waals surface area contributed by atoms with Gasteiger partial charge in [-0.15, -0.1) is 0 Å². The molecule has 1 saturated carbocycles. The van der Waals surface area contributed by atoms with Gasteiger partial charge in [0.05, 0.1) is 17.1 Å². The summed E-state index contributed by atoms with van der Waals surface area (Å²) in [5.41, 5.74) is 3.03. The fraction of sp³-hybridized carbons (Fsp3) is 0.348. The summed E-state index contributed by atoms with van der Waals surface area (Å²) in [5, 5.41) is 5.04. The van der Waals surface area contributed by atoms with E-state index in [-0.39, 0.29) is 17.4 Å². The van der Waals surface area contributed by atoms with E-state index in [1.54, 1.807) is 29.0 Å². The Morgan fingerprint density at radius 1 is 1.07 bits per heavy atom. The Bertz CT molecular complexity index is 1260. The number of hydrogen-bond donors (Lipinski definition) is 0. The summed E-state index contributed by atoms with van der Waals surface area (Å²) in [6.45, 7) is 4.52. The van der Waals surface area contributed by atoms with Crippen molar-refractivity contribution in [2.75, 3.05) is 0 Å². The van der Waals surface area contributed by atoms with Crippen LogP contribution in [0.3, 0.4) is 0 Å². The summed E-state index contributed by atoms with van der Waals surface area (Å²) >= 11 is 0. The SMILES string of the molecule is C[C@H]1[C@H](n2ccc3c(cnc4c(-c5ccc(F)cc5)cnn43)c2=O)CCC[C@@H]1C. The van der Waals surface area contributed by atoms with E-state index in [0.717, 1.165) is 29.5 Å². The molecule has 3 atom stereocenters. The van der Waals surface area contributed by atoms with Gasteiger partial charge in [-0.1, -0.05) is 38.8 Å². The minimum Gasteiger partial charge on any atom is -0.311 e. The maximum Gasteiger partial charge on any atom is 0.261 e. The molecule has 0 N–H and O–H groups in total. The van der Waals surface area contributed by atoms with Gasteiger partial charge < -0.3 is 4.57 Å². The molecule has 0 aliphatic heterocycles. The van der Waals surface area contributed by atoms with Gasteiger partial charge in [0.2, 0.25) is 0 Å². The van der Waals surface area contributed by atoms with Crippen LogP contribution in [-0.2, 0) is 0 Å². The molecule has 1 aliphatic rings. The Morgan fingerprint density at radius 2 is 1.86 bits per heavy atom. The van der Waals surface area contributed by atoms with Crippen LogP contribution in [0.2, 0.25) is 0 Å². The summed E-state index contributed by atoms with van der Waals surface area (Å²) in [6.07, 6.45) is 8.67. The van der Waals surface area contributed by atoms with Crippen LogP contribution in [0.1, 0.15) is 39.2 Å². The standard InChI is InChI=1S/C23H23FN4O/c1-14-4-3-5-20(15(14)2)27-11-10-21-19(23(27)29)12-25-22-18(13-26-28(21)22)16-6-8-17(24)9-7-16/h6-15,20H,3-5H2,1-2H3/t14-,15+,20+/m0/s1. The van der Waals surface area contributed by atoms with Crippen LogP contribution in [0.25, 0.3) is 27.7 Å². The van der Waals surface area contributed by atoms with Gasteiger partial charge in [0.15, 0.2) is 5.65 Å². The second-order valence-corrected chi connectivity index (χ2v) is 8.22. The highest BCUT2D eigenvalue weighted by atomic mass is 19.1. The minimum absolute atomic E-state index is 0.0123. The van der Waals surface area contributed by atoms with Gasteiger partial charge >= 0.3 is 0 Å². The molecule has 1 aromatic carbocycles. The molecular formula is C23H23FN4O. The number of aromatic nitrogens is 4. The molecule has 4 aromatic rings. The molecule has 0 saturated heterocycles. The number of nitrogens with zero attached hydrogens (tertiary/aromatic N) is 4. The molecule has 0 radical (unpaired) electrons. The highest BCUT2D eigenvalue weighted by Gasteiger charge is 2.29. The Morgan fingerprint density at radius 3 is 2.66 bits per heavy atom. The molecule has 5 rings (SSSR count). The summed E-state index contributed by atoms with van der Waals surface area (Å²) in [5.74, 6) is 0.794. The van der Waals surface area contributed by atoms with Crippen molar-refractivity contribution in [2.24, 2.45) is 11.8 Å². The van der Waals surface area contributed by atoms with E-state index >= 15 is 0 Å². The molecular weight excluding hydrogens is 367 g/mol. The predicted octanol–water partition coefficient (Wildman–Crippen LogP) is 4.85. The van der Waals surface area contributed by atoms with Crippen LogP contribution in [0.5, 0.6) is 0 Å². The van der Waals surface area contributed by atoms with Crippen LogP contribution in [0.4, 0.5) is 4.39 Å². The van der Waals surface area contributed by atoms with Crippen molar-refractivity contribution < 1.29 is 4.39 Å². The molecule has 0 unspecified atom stereocenters. The fourth-order valence-corrected chi connectivity index (χ4v) is 4.67. The Hall–Kier alpha value is -3.02. The van der Waals surface area contributed by atoms with Crippen molar-refractivity contribution in [3.05, 3.63) is 65.1 Å². The topological polar surface area (TPSA) is 52.2 Å². The molecule has 148 valence electrons. The number of hydrogen-bond acceptors (Lipinski definition) is 3. The van der Waals surface area contributed by atoms with Crippen LogP contribution >= 0.6 is 0 Å². The zero-order valence-electron chi connectivity index (χ0n) is 16.5. The lowest BCUT2D eigenvalue weighted by Gasteiger charge is -2.35. The second kappa shape index (κ2) is 6.79. The average Bonchev–Trinajstić information content (AvgIpc) is 3.16. The first kappa shape index (κ1) is 18.0. The molecule has 5 nitrogen and oxygen atoms in total. The van der Waals surface area contributed by atoms with Gasteiger partial charge in [0.1, 0.15) is 5.82 Å². The van der Waals surface area contributed by atoms with E-state index in [9.17, 15) is 9.18 Å². The quantitative estimate of drug-likeness (QED) is 0.492. The van der Waals surface area contributed by atoms with Crippen LogP contribution in [-0.4, -0.2) is 19.2 Å². The van der Waals surface area contributed by atoms with Crippen molar-refractivity contribution in [3.63, 3.8) is 0 Å². The number of benzene rings is 1. The van der Waals surface area contributed by atoms with Crippen molar-refractivity contribution in [3.8, 4) is 11.1 Å². The fourth-order valence-electron chi connectivity index (χ4n) is 4.67. The van der Waals surface area contributed by atoms with Crippen LogP contribution < -0.4 is 5.56 Å². The van der Waals surface area contributed by atoms with Gasteiger partial charge in [-0.2, -0.15) is 5.10 Å². The van der Waals surface area contributed by atoms with E-state index in [4.69, 9.17) is 0 Å². The largest absolute Gasteiger partial charge is 0.311 e. The first-order chi connectivity index (χ1) is 14.0. The summed E-state index contributed by atoms with van der Waals surface area (Å²) in [7, 11) is 0. The van der Waals surface area contributed by atoms with Crippen molar-refractivity contribution in [1.82, 2.24) is 19.2 Å². The van der Waals surface area contributed by atoms with Gasteiger partial charge in [-0.25, -0.2) is 13.9 Å². The molecule has 3 heterocycles. The maximum atomic E-state index is 13.3. The number of halogens is 1. The molecule has 1 fully saturated rings. The minimum atomic E-state index is -0.282. The molecule has 0 spiro atoms. The first-order valence-corrected chi connectivity index (χ1v) is 10.2. The zero-order valence-corrected chi connectivity index (χ0v) is 16.5. The monoisotopic (exact) mass is 390 g/mol. The van der Waals surface area contributed by atoms with Crippen LogP contribution in [0, 0.1) is 17.7 Å². The lowest BCUT2D eigenvalue weighted by atomic mass is 9.78. The third-order valence-electron chi connectivity index (χ3n) is 6.60. The molecule has 0 bridgehead atoms. The molecule has 1 aliphatic carbocycles. The van der Waals surface area contributed by atoms with Crippen LogP contribution in [0.15, 0.2) is 53.7 Å². The molecule has 29 heavy (non-hydrogen) atoms. The summed E-state index contributed by atoms with van der Waals surface area (Å²) in [4.78, 5) is 17.8. The zero-order chi connectivity index (χ0) is 20.1. The Labute approximate surface area is 167 Å². The predicted molar refractivity (Wildman–Crippen MR) is 111 cm³/mol. The maximum absolute atomic E-state index is 13.3. The highest BCUT2D eigenvalue weighted by molar-refractivity contribution is 5.85. The van der Waals surface area contributed by atoms with E-state index in [2.05, 4.69) is 23.9 Å². The number of fused-ring (bicyclic) bond motifs is 3. The van der Waals surface area contributed by atoms with E-state index in [1.165, 1.54) is 18.6 Å². The molecule has 6 heteroatoms. The van der Waals surface area contributed by atoms with Crippen molar-refractivity contribution in [1.29, 1.82) is 0 Å². The second-order valence-electron chi connectivity index (χ2n) is 8.22. The summed E-state index contributed by atoms with van der Waals surface area (Å²) < 4.78 is 16.9. The smallest absolute Gasteiger partial charge is 0.261 e. The van der Waals surface area contributed by atoms with Gasteiger partial charge in [0, 0.05) is 24.0 Å². The third-order valence-corrected chi connectivity index (χ3v) is 6.60. The Kier molecular flexibility index (Phi) is 4.23. The normalized spacial score (nSPS) is 22.4. The van der Waals surface area contributed by atoms with Gasteiger partial charge in [-0.05, 0) is 42.0 Å². The first-order valence-electron chi connectivity index (χ1n) is 10.2. The third kappa shape index (κ3) is 2.85. The van der Waals surface area contributed by atoms with Gasteiger partial charge in [0.25, 0.3) is 5.56 Å².